The molecule has 1 aliphatic heterocycles. The van der Waals surface area contributed by atoms with E-state index in [0.29, 0.717) is 37.5 Å². The molecular weight excluding hydrogens is 437 g/mol. The van der Waals surface area contributed by atoms with Gasteiger partial charge in [-0.3, -0.25) is 9.59 Å². The van der Waals surface area contributed by atoms with Gasteiger partial charge < -0.3 is 0 Å². The van der Waals surface area contributed by atoms with Gasteiger partial charge in [-0.2, -0.15) is 0 Å². The molecule has 0 fully saturated rings. The Morgan fingerprint density at radius 2 is 1.63 bits per heavy atom. The van der Waals surface area contributed by atoms with Gasteiger partial charge in [0.1, 0.15) is 0 Å². The number of halogens is 2. The summed E-state index contributed by atoms with van der Waals surface area (Å²) >= 11 is 13.8. The van der Waals surface area contributed by atoms with Gasteiger partial charge in [-0.05, 0) is 42.3 Å². The Bertz CT molecular complexity index is 1170. The molecule has 0 atom stereocenters. The fraction of sp³-hybridized carbons (Fsp3) is 0.0833. The van der Waals surface area contributed by atoms with Crippen molar-refractivity contribution in [2.75, 3.05) is 4.90 Å². The highest BCUT2D eigenvalue weighted by Crippen LogP contribution is 2.42. The normalized spacial score (nSPS) is 14.0. The Labute approximate surface area is 189 Å². The highest BCUT2D eigenvalue weighted by atomic mass is 35.5. The van der Waals surface area contributed by atoms with Crippen LogP contribution >= 0.6 is 35.0 Å². The number of imide groups is 1. The fourth-order valence-electron chi connectivity index (χ4n) is 3.30. The molecule has 0 saturated carbocycles. The molecular formula is C24H17Cl2NO2S. The maximum Gasteiger partial charge on any atom is 0.272 e. The maximum absolute atomic E-state index is 13.4. The monoisotopic (exact) mass is 453 g/mol. The minimum absolute atomic E-state index is 0.309. The van der Waals surface area contributed by atoms with Crippen LogP contribution in [0.1, 0.15) is 16.7 Å². The van der Waals surface area contributed by atoms with Gasteiger partial charge in [0, 0.05) is 16.3 Å². The summed E-state index contributed by atoms with van der Waals surface area (Å²) in [6.07, 6.45) is 0. The van der Waals surface area contributed by atoms with E-state index in [2.05, 4.69) is 0 Å². The number of carbonyl (C=O) groups is 2. The van der Waals surface area contributed by atoms with Gasteiger partial charge in [-0.25, -0.2) is 4.90 Å². The molecule has 0 unspecified atom stereocenters. The summed E-state index contributed by atoms with van der Waals surface area (Å²) < 4.78 is 0. The average Bonchev–Trinajstić information content (AvgIpc) is 2.97. The lowest BCUT2D eigenvalue weighted by Crippen LogP contribution is -2.31. The van der Waals surface area contributed by atoms with Crippen LogP contribution in [0.3, 0.4) is 0 Å². The van der Waals surface area contributed by atoms with Crippen molar-refractivity contribution in [1.29, 1.82) is 0 Å². The number of anilines is 1. The number of benzene rings is 3. The number of carbonyl (C=O) groups excluding carboxylic acids is 2. The molecule has 0 N–H and O–H groups in total. The van der Waals surface area contributed by atoms with Gasteiger partial charge >= 0.3 is 0 Å². The van der Waals surface area contributed by atoms with Crippen molar-refractivity contribution < 1.29 is 9.59 Å². The van der Waals surface area contributed by atoms with E-state index in [0.717, 1.165) is 11.1 Å². The summed E-state index contributed by atoms with van der Waals surface area (Å²) in [7, 11) is 0. The van der Waals surface area contributed by atoms with Gasteiger partial charge in [-0.1, -0.05) is 71.7 Å². The lowest BCUT2D eigenvalue weighted by Gasteiger charge is -2.16. The summed E-state index contributed by atoms with van der Waals surface area (Å²) in [5.41, 5.74) is 3.38. The number of aryl methyl sites for hydroxylation is 1. The van der Waals surface area contributed by atoms with Crippen molar-refractivity contribution in [2.45, 2.75) is 12.7 Å². The molecule has 30 heavy (non-hydrogen) atoms. The molecule has 1 aliphatic rings. The van der Waals surface area contributed by atoms with Gasteiger partial charge in [0.15, 0.2) is 0 Å². The fourth-order valence-corrected chi connectivity index (χ4v) is 4.87. The number of thioether (sulfide) groups is 1. The summed E-state index contributed by atoms with van der Waals surface area (Å²) in [5.74, 6) is -0.163. The second kappa shape index (κ2) is 8.68. The van der Waals surface area contributed by atoms with Crippen molar-refractivity contribution in [2.24, 2.45) is 0 Å². The molecule has 3 nitrogen and oxygen atoms in total. The smallest absolute Gasteiger partial charge is 0.268 e. The molecule has 3 aromatic carbocycles. The van der Waals surface area contributed by atoms with Crippen LogP contribution in [0.15, 0.2) is 77.7 Å². The Morgan fingerprint density at radius 1 is 0.867 bits per heavy atom. The topological polar surface area (TPSA) is 37.4 Å². The molecule has 0 spiro atoms. The quantitative estimate of drug-likeness (QED) is 0.412. The zero-order valence-electron chi connectivity index (χ0n) is 16.1. The van der Waals surface area contributed by atoms with E-state index >= 15 is 0 Å². The van der Waals surface area contributed by atoms with Crippen molar-refractivity contribution in [3.63, 3.8) is 0 Å². The van der Waals surface area contributed by atoms with Crippen LogP contribution in [0.5, 0.6) is 0 Å². The number of rotatable bonds is 5. The van der Waals surface area contributed by atoms with Crippen molar-refractivity contribution >= 4 is 58.0 Å². The molecule has 4 rings (SSSR count). The zero-order valence-corrected chi connectivity index (χ0v) is 18.4. The van der Waals surface area contributed by atoms with Crippen molar-refractivity contribution in [1.82, 2.24) is 0 Å². The third-order valence-electron chi connectivity index (χ3n) is 4.73. The van der Waals surface area contributed by atoms with Crippen LogP contribution in [0, 0.1) is 6.92 Å². The number of amides is 2. The standard InChI is InChI=1S/C24H17Cl2NO2S/c1-15-6-5-9-18(12-15)27-23(28)21(19-11-10-17(25)13-20(19)26)22(24(27)29)30-14-16-7-3-2-4-8-16/h2-13H,14H2,1H3. The first kappa shape index (κ1) is 20.7. The average molecular weight is 454 g/mol. The first-order chi connectivity index (χ1) is 14.5. The number of hydrogen-bond donors (Lipinski definition) is 0. The van der Waals surface area contributed by atoms with E-state index in [4.69, 9.17) is 23.2 Å². The van der Waals surface area contributed by atoms with E-state index in [9.17, 15) is 9.59 Å². The van der Waals surface area contributed by atoms with E-state index in [1.54, 1.807) is 24.3 Å². The molecule has 150 valence electrons. The van der Waals surface area contributed by atoms with Crippen molar-refractivity contribution in [3.8, 4) is 0 Å². The summed E-state index contributed by atoms with van der Waals surface area (Å²) in [4.78, 5) is 28.4. The lowest BCUT2D eigenvalue weighted by molar-refractivity contribution is -0.119. The van der Waals surface area contributed by atoms with Gasteiger partial charge in [0.25, 0.3) is 11.8 Å². The Kier molecular flexibility index (Phi) is 6.00. The van der Waals surface area contributed by atoms with Crippen LogP contribution < -0.4 is 4.90 Å². The van der Waals surface area contributed by atoms with Crippen LogP contribution in [-0.4, -0.2) is 11.8 Å². The van der Waals surface area contributed by atoms with E-state index in [-0.39, 0.29) is 11.8 Å². The molecule has 2 amide bonds. The molecule has 0 aliphatic carbocycles. The molecule has 3 aromatic rings. The lowest BCUT2D eigenvalue weighted by atomic mass is 10.1. The molecule has 0 saturated heterocycles. The summed E-state index contributed by atoms with van der Waals surface area (Å²) in [5, 5.41) is 0.803. The van der Waals surface area contributed by atoms with Gasteiger partial charge in [0.2, 0.25) is 0 Å². The highest BCUT2D eigenvalue weighted by molar-refractivity contribution is 8.03. The van der Waals surface area contributed by atoms with E-state index < -0.39 is 0 Å². The third kappa shape index (κ3) is 4.04. The largest absolute Gasteiger partial charge is 0.272 e. The van der Waals surface area contributed by atoms with E-state index in [1.807, 2.05) is 55.5 Å². The van der Waals surface area contributed by atoms with Gasteiger partial charge in [0.05, 0.1) is 21.2 Å². The predicted octanol–water partition coefficient (Wildman–Crippen LogP) is 6.52. The third-order valence-corrected chi connectivity index (χ3v) is 6.42. The molecule has 0 aromatic heterocycles. The Hall–Kier alpha value is -2.53. The van der Waals surface area contributed by atoms with Crippen LogP contribution in [0.25, 0.3) is 5.57 Å². The van der Waals surface area contributed by atoms with Crippen LogP contribution in [-0.2, 0) is 15.3 Å². The second-order valence-electron chi connectivity index (χ2n) is 6.89. The molecule has 0 bridgehead atoms. The van der Waals surface area contributed by atoms with Crippen molar-refractivity contribution in [3.05, 3.63) is 104 Å². The molecule has 0 radical (unpaired) electrons. The first-order valence-corrected chi connectivity index (χ1v) is 11.0. The SMILES string of the molecule is Cc1cccc(N2C(=O)C(SCc3ccccc3)=C(c3ccc(Cl)cc3Cl)C2=O)c1. The summed E-state index contributed by atoms with van der Waals surface area (Å²) in [6, 6.07) is 22.1. The van der Waals surface area contributed by atoms with E-state index in [1.165, 1.54) is 16.7 Å². The molecule has 6 heteroatoms. The van der Waals surface area contributed by atoms with Crippen LogP contribution in [0.4, 0.5) is 5.69 Å². The summed E-state index contributed by atoms with van der Waals surface area (Å²) in [6.45, 7) is 1.92. The highest BCUT2D eigenvalue weighted by Gasteiger charge is 2.40. The number of nitrogens with zero attached hydrogens (tertiary/aromatic N) is 1. The van der Waals surface area contributed by atoms with Crippen LogP contribution in [0.2, 0.25) is 10.0 Å². The number of hydrogen-bond acceptors (Lipinski definition) is 3. The van der Waals surface area contributed by atoms with Gasteiger partial charge in [-0.15, -0.1) is 11.8 Å². The minimum atomic E-state index is -0.384. The first-order valence-electron chi connectivity index (χ1n) is 9.27. The second-order valence-corrected chi connectivity index (χ2v) is 8.72. The zero-order chi connectivity index (χ0) is 21.3. The Morgan fingerprint density at radius 3 is 2.33 bits per heavy atom. The maximum atomic E-state index is 13.4. The Balaban J connectivity index is 1.79. The molecule has 1 heterocycles. The minimum Gasteiger partial charge on any atom is -0.268 e. The predicted molar refractivity (Wildman–Crippen MR) is 125 cm³/mol.